The molecule has 1 N–H and O–H groups in total. The number of imide groups is 1. The van der Waals surface area contributed by atoms with Gasteiger partial charge in [-0.2, -0.15) is 0 Å². The Kier molecular flexibility index (Phi) is 2.35. The summed E-state index contributed by atoms with van der Waals surface area (Å²) in [5.41, 5.74) is 1.15. The molecule has 2 saturated heterocycles. The molecular formula is C17H16N2O4. The average molecular weight is 312 g/mol. The number of fused-ring (bicyclic) bond motifs is 8. The van der Waals surface area contributed by atoms with Gasteiger partial charge in [0.25, 0.3) is 0 Å². The number of carbonyl (C=O) groups is 3. The van der Waals surface area contributed by atoms with Crippen molar-refractivity contribution < 1.29 is 19.5 Å². The van der Waals surface area contributed by atoms with Crippen molar-refractivity contribution >= 4 is 23.5 Å². The molecule has 2 saturated carbocycles. The van der Waals surface area contributed by atoms with Crippen LogP contribution in [-0.4, -0.2) is 46.4 Å². The number of likely N-dealkylation sites (tertiary alicyclic amines) is 1. The molecule has 6 heteroatoms. The third-order valence-electron chi connectivity index (χ3n) is 6.08. The maximum absolute atomic E-state index is 12.6. The minimum absolute atomic E-state index is 0.186. The van der Waals surface area contributed by atoms with Gasteiger partial charge in [0.15, 0.2) is 0 Å². The Morgan fingerprint density at radius 3 is 2.13 bits per heavy atom. The summed E-state index contributed by atoms with van der Waals surface area (Å²) in [5.74, 6) is -1.91. The monoisotopic (exact) mass is 312 g/mol. The van der Waals surface area contributed by atoms with Gasteiger partial charge >= 0.3 is 5.97 Å². The van der Waals surface area contributed by atoms with E-state index in [1.807, 2.05) is 18.2 Å². The van der Waals surface area contributed by atoms with E-state index in [0.717, 1.165) is 17.0 Å². The Labute approximate surface area is 132 Å². The van der Waals surface area contributed by atoms with Gasteiger partial charge in [0.05, 0.1) is 23.9 Å². The average Bonchev–Trinajstić information content (AvgIpc) is 2.92. The van der Waals surface area contributed by atoms with Crippen molar-refractivity contribution in [3.05, 3.63) is 30.3 Å². The summed E-state index contributed by atoms with van der Waals surface area (Å²) in [6.45, 7) is -0.498. The highest BCUT2D eigenvalue weighted by atomic mass is 16.4. The summed E-state index contributed by atoms with van der Waals surface area (Å²) in [6.07, 6.45) is 0.923. The third-order valence-corrected chi connectivity index (χ3v) is 6.08. The number of nitrogens with zero attached hydrogens (tertiary/aromatic N) is 2. The zero-order chi connectivity index (χ0) is 15.9. The molecule has 2 aliphatic heterocycles. The summed E-state index contributed by atoms with van der Waals surface area (Å²) in [4.78, 5) is 39.3. The number of hydrogen-bond donors (Lipinski definition) is 1. The minimum atomic E-state index is -1.13. The molecule has 23 heavy (non-hydrogen) atoms. The molecule has 6 unspecified atom stereocenters. The lowest BCUT2D eigenvalue weighted by molar-refractivity contribution is -0.150. The number of rotatable bonds is 3. The summed E-state index contributed by atoms with van der Waals surface area (Å²) in [6, 6.07) is 10.8. The first-order valence-electron chi connectivity index (χ1n) is 8.00. The molecular weight excluding hydrogens is 296 g/mol. The van der Waals surface area contributed by atoms with Gasteiger partial charge in [0.1, 0.15) is 6.54 Å². The Bertz CT molecular complexity index is 699. The van der Waals surface area contributed by atoms with Crippen molar-refractivity contribution in [2.75, 3.05) is 11.4 Å². The van der Waals surface area contributed by atoms with Gasteiger partial charge in [-0.25, -0.2) is 0 Å². The van der Waals surface area contributed by atoms with Crippen LogP contribution in [0.2, 0.25) is 0 Å². The lowest BCUT2D eigenvalue weighted by atomic mass is 9.81. The molecule has 4 fully saturated rings. The molecule has 2 amide bonds. The number of amides is 2. The molecule has 6 atom stereocenters. The normalized spacial score (nSPS) is 39.7. The number of para-hydroxylation sites is 1. The van der Waals surface area contributed by atoms with E-state index in [1.165, 1.54) is 0 Å². The fourth-order valence-corrected chi connectivity index (χ4v) is 5.41. The maximum Gasteiger partial charge on any atom is 0.323 e. The molecule has 0 radical (unpaired) electrons. The van der Waals surface area contributed by atoms with E-state index < -0.39 is 12.5 Å². The van der Waals surface area contributed by atoms with Gasteiger partial charge in [-0.05, 0) is 30.4 Å². The Morgan fingerprint density at radius 1 is 1.04 bits per heavy atom. The van der Waals surface area contributed by atoms with Crippen LogP contribution in [-0.2, 0) is 14.4 Å². The number of carboxylic acids is 1. The van der Waals surface area contributed by atoms with Gasteiger partial charge in [-0.15, -0.1) is 0 Å². The van der Waals surface area contributed by atoms with E-state index in [4.69, 9.17) is 5.11 Å². The van der Waals surface area contributed by atoms with Gasteiger partial charge in [0.2, 0.25) is 11.8 Å². The summed E-state index contributed by atoms with van der Waals surface area (Å²) in [5, 5.41) is 8.92. The Morgan fingerprint density at radius 2 is 1.61 bits per heavy atom. The van der Waals surface area contributed by atoms with Crippen LogP contribution in [0.15, 0.2) is 30.3 Å². The Balaban J connectivity index is 1.44. The number of carboxylic acid groups (broad SMARTS) is 1. The van der Waals surface area contributed by atoms with Gasteiger partial charge in [-0.1, -0.05) is 18.2 Å². The molecule has 1 aromatic carbocycles. The topological polar surface area (TPSA) is 77.7 Å². The number of hydrogen-bond acceptors (Lipinski definition) is 4. The number of piperidine rings is 1. The van der Waals surface area contributed by atoms with Crippen LogP contribution in [0.3, 0.4) is 0 Å². The first-order chi connectivity index (χ1) is 11.1. The number of benzene rings is 1. The highest BCUT2D eigenvalue weighted by Crippen LogP contribution is 2.66. The summed E-state index contributed by atoms with van der Waals surface area (Å²) < 4.78 is 0. The van der Waals surface area contributed by atoms with E-state index in [9.17, 15) is 14.4 Å². The molecule has 0 spiro atoms. The molecule has 5 rings (SSSR count). The fraction of sp³-hybridized carbons (Fsp3) is 0.471. The van der Waals surface area contributed by atoms with E-state index in [2.05, 4.69) is 17.0 Å². The van der Waals surface area contributed by atoms with Gasteiger partial charge in [0, 0.05) is 5.69 Å². The zero-order valence-electron chi connectivity index (χ0n) is 12.3. The van der Waals surface area contributed by atoms with E-state index >= 15 is 0 Å². The first-order valence-corrected chi connectivity index (χ1v) is 8.00. The third kappa shape index (κ3) is 1.51. The first kappa shape index (κ1) is 13.1. The van der Waals surface area contributed by atoms with Crippen molar-refractivity contribution in [2.24, 2.45) is 23.7 Å². The molecule has 118 valence electrons. The van der Waals surface area contributed by atoms with Crippen molar-refractivity contribution in [2.45, 2.75) is 18.5 Å². The number of aliphatic carboxylic acids is 1. The highest BCUT2D eigenvalue weighted by Gasteiger charge is 2.75. The maximum atomic E-state index is 12.6. The van der Waals surface area contributed by atoms with Crippen LogP contribution in [0.25, 0.3) is 0 Å². The quantitative estimate of drug-likeness (QED) is 0.652. The Hall–Kier alpha value is -2.37. The second kappa shape index (κ2) is 4.13. The van der Waals surface area contributed by atoms with Crippen LogP contribution in [0.4, 0.5) is 5.69 Å². The van der Waals surface area contributed by atoms with Crippen molar-refractivity contribution in [1.29, 1.82) is 0 Å². The van der Waals surface area contributed by atoms with E-state index in [0.29, 0.717) is 12.1 Å². The summed E-state index contributed by atoms with van der Waals surface area (Å²) >= 11 is 0. The minimum Gasteiger partial charge on any atom is -0.480 e. The standard InChI is InChI=1S/C17H16N2O4/c20-11(21)7-18-16(22)12-9-6-10(13(12)17(18)23)15-14(9)19(15)8-4-2-1-3-5-8/h1-5,9-10,12-15H,6-7H2,(H,20,21). The van der Waals surface area contributed by atoms with Gasteiger partial charge in [-0.3, -0.25) is 19.3 Å². The second-order valence-electron chi connectivity index (χ2n) is 7.00. The fourth-order valence-electron chi connectivity index (χ4n) is 5.41. The molecule has 1 aromatic rings. The van der Waals surface area contributed by atoms with Crippen LogP contribution >= 0.6 is 0 Å². The van der Waals surface area contributed by atoms with Crippen LogP contribution < -0.4 is 4.90 Å². The van der Waals surface area contributed by atoms with Crippen molar-refractivity contribution in [1.82, 2.24) is 4.90 Å². The number of anilines is 1. The largest absolute Gasteiger partial charge is 0.480 e. The summed E-state index contributed by atoms with van der Waals surface area (Å²) in [7, 11) is 0. The number of carbonyl (C=O) groups excluding carboxylic acids is 2. The lowest BCUT2D eigenvalue weighted by Gasteiger charge is -2.19. The van der Waals surface area contributed by atoms with Crippen molar-refractivity contribution in [3.63, 3.8) is 0 Å². The van der Waals surface area contributed by atoms with E-state index in [-0.39, 0.29) is 35.5 Å². The smallest absolute Gasteiger partial charge is 0.323 e. The second-order valence-corrected chi connectivity index (χ2v) is 7.00. The molecule has 2 bridgehead atoms. The predicted molar refractivity (Wildman–Crippen MR) is 79.4 cm³/mol. The van der Waals surface area contributed by atoms with Gasteiger partial charge < -0.3 is 10.0 Å². The molecule has 6 nitrogen and oxygen atoms in total. The highest BCUT2D eigenvalue weighted by molar-refractivity contribution is 6.08. The van der Waals surface area contributed by atoms with Crippen LogP contribution in [0.5, 0.6) is 0 Å². The SMILES string of the molecule is O=C(O)CN1C(=O)C2C3CC(C2C1=O)C1C3N1c1ccccc1. The predicted octanol–water partition coefficient (Wildman–Crippen LogP) is 0.579. The molecule has 2 heterocycles. The van der Waals surface area contributed by atoms with E-state index in [1.54, 1.807) is 0 Å². The molecule has 0 aromatic heterocycles. The lowest BCUT2D eigenvalue weighted by Crippen LogP contribution is -2.38. The molecule has 2 aliphatic carbocycles. The van der Waals surface area contributed by atoms with Crippen molar-refractivity contribution in [3.8, 4) is 0 Å². The van der Waals surface area contributed by atoms with Crippen LogP contribution in [0, 0.1) is 23.7 Å². The zero-order valence-corrected chi connectivity index (χ0v) is 12.3. The molecule has 4 aliphatic rings. The van der Waals surface area contributed by atoms with Crippen LogP contribution in [0.1, 0.15) is 6.42 Å².